The van der Waals surface area contributed by atoms with Gasteiger partial charge in [0, 0.05) is 22.1 Å². The van der Waals surface area contributed by atoms with E-state index in [1.807, 2.05) is 5.38 Å². The van der Waals surface area contributed by atoms with Gasteiger partial charge in [0.2, 0.25) is 0 Å². The summed E-state index contributed by atoms with van der Waals surface area (Å²) in [7, 11) is 0. The molecule has 0 saturated carbocycles. The molecule has 2 heterocycles. The van der Waals surface area contributed by atoms with Gasteiger partial charge >= 0.3 is 0 Å². The van der Waals surface area contributed by atoms with E-state index in [0.717, 1.165) is 11.1 Å². The Kier molecular flexibility index (Phi) is 4.47. The number of aromatic nitrogens is 3. The van der Waals surface area contributed by atoms with Crippen LogP contribution in [0.1, 0.15) is 16.2 Å². The Morgan fingerprint density at radius 2 is 1.74 bits per heavy atom. The summed E-state index contributed by atoms with van der Waals surface area (Å²) < 4.78 is 18.1. The third-order valence-corrected chi connectivity index (χ3v) is 4.54. The molecular weight excluding hydrogens is 367 g/mol. The van der Waals surface area contributed by atoms with Crippen LogP contribution in [0.4, 0.5) is 9.52 Å². The summed E-state index contributed by atoms with van der Waals surface area (Å²) in [5, 5.41) is 8.79. The van der Waals surface area contributed by atoms with Crippen molar-refractivity contribution in [2.24, 2.45) is 0 Å². The van der Waals surface area contributed by atoms with Crippen molar-refractivity contribution in [3.05, 3.63) is 71.1 Å². The number of anilines is 1. The number of nitrogens with one attached hydrogen (secondary N) is 1. The molecule has 0 aliphatic rings. The van der Waals surface area contributed by atoms with Crippen LogP contribution in [0, 0.1) is 12.7 Å². The molecule has 6 nitrogen and oxygen atoms in total. The zero-order valence-electron chi connectivity index (χ0n) is 14.1. The first-order chi connectivity index (χ1) is 13.1. The smallest absolute Gasteiger partial charge is 0.257 e. The largest absolute Gasteiger partial charge is 0.334 e. The van der Waals surface area contributed by atoms with Gasteiger partial charge < -0.3 is 4.52 Å². The standard InChI is InChI=1S/C19H13FN4O2S/c1-11-21-18(26-24-11)14-4-2-13(3-5-14)17(25)23-19-22-16(10-27-19)12-6-8-15(20)9-7-12/h2-10H,1H3,(H,22,23,25). The lowest BCUT2D eigenvalue weighted by Crippen LogP contribution is -2.11. The maximum atomic E-state index is 13.0. The first-order valence-corrected chi connectivity index (χ1v) is 8.90. The number of aryl methyl sites for hydroxylation is 1. The molecule has 0 unspecified atom stereocenters. The highest BCUT2D eigenvalue weighted by atomic mass is 32.1. The monoisotopic (exact) mass is 380 g/mol. The highest BCUT2D eigenvalue weighted by Gasteiger charge is 2.12. The Hall–Kier alpha value is -3.39. The van der Waals surface area contributed by atoms with Crippen LogP contribution < -0.4 is 5.32 Å². The van der Waals surface area contributed by atoms with Crippen LogP contribution in [0.3, 0.4) is 0 Å². The zero-order valence-corrected chi connectivity index (χ0v) is 15.0. The number of hydrogen-bond acceptors (Lipinski definition) is 6. The number of hydrogen-bond donors (Lipinski definition) is 1. The van der Waals surface area contributed by atoms with E-state index < -0.39 is 0 Å². The normalized spacial score (nSPS) is 10.7. The number of nitrogens with zero attached hydrogens (tertiary/aromatic N) is 3. The van der Waals surface area contributed by atoms with E-state index in [1.54, 1.807) is 43.3 Å². The molecule has 1 N–H and O–H groups in total. The molecule has 0 spiro atoms. The Morgan fingerprint density at radius 3 is 2.41 bits per heavy atom. The van der Waals surface area contributed by atoms with Crippen molar-refractivity contribution in [2.45, 2.75) is 6.92 Å². The van der Waals surface area contributed by atoms with Crippen LogP contribution in [0.25, 0.3) is 22.7 Å². The molecule has 8 heteroatoms. The molecule has 2 aromatic carbocycles. The molecule has 0 atom stereocenters. The Labute approximate surface area is 157 Å². The number of thiazole rings is 1. The van der Waals surface area contributed by atoms with Gasteiger partial charge in [-0.3, -0.25) is 10.1 Å². The minimum absolute atomic E-state index is 0.275. The van der Waals surface area contributed by atoms with E-state index in [1.165, 1.54) is 23.5 Å². The Bertz CT molecular complexity index is 1090. The predicted octanol–water partition coefficient (Wildman–Crippen LogP) is 4.56. The molecule has 0 aliphatic heterocycles. The van der Waals surface area contributed by atoms with Gasteiger partial charge in [-0.2, -0.15) is 4.98 Å². The minimum Gasteiger partial charge on any atom is -0.334 e. The van der Waals surface area contributed by atoms with E-state index in [-0.39, 0.29) is 11.7 Å². The molecule has 0 fully saturated rings. The highest BCUT2D eigenvalue weighted by Crippen LogP contribution is 2.25. The van der Waals surface area contributed by atoms with Gasteiger partial charge in [-0.1, -0.05) is 5.16 Å². The van der Waals surface area contributed by atoms with Gasteiger partial charge in [0.25, 0.3) is 11.8 Å². The topological polar surface area (TPSA) is 80.9 Å². The average Bonchev–Trinajstić information content (AvgIpc) is 3.32. The lowest BCUT2D eigenvalue weighted by atomic mass is 10.1. The van der Waals surface area contributed by atoms with E-state index in [4.69, 9.17) is 4.52 Å². The molecule has 27 heavy (non-hydrogen) atoms. The number of rotatable bonds is 4. The van der Waals surface area contributed by atoms with Crippen molar-refractivity contribution in [3.63, 3.8) is 0 Å². The van der Waals surface area contributed by atoms with Crippen molar-refractivity contribution in [1.82, 2.24) is 15.1 Å². The number of benzene rings is 2. The first-order valence-electron chi connectivity index (χ1n) is 8.02. The second kappa shape index (κ2) is 7.08. The van der Waals surface area contributed by atoms with Crippen molar-refractivity contribution in [3.8, 4) is 22.7 Å². The summed E-state index contributed by atoms with van der Waals surface area (Å²) in [6.07, 6.45) is 0. The second-order valence-corrected chi connectivity index (χ2v) is 6.58. The molecule has 4 rings (SSSR count). The molecule has 0 aliphatic carbocycles. The first kappa shape index (κ1) is 17.0. The van der Waals surface area contributed by atoms with E-state index in [0.29, 0.717) is 28.1 Å². The van der Waals surface area contributed by atoms with Crippen LogP contribution >= 0.6 is 11.3 Å². The lowest BCUT2D eigenvalue weighted by Gasteiger charge is -2.02. The molecule has 4 aromatic rings. The number of carbonyl (C=O) groups is 1. The molecule has 0 radical (unpaired) electrons. The van der Waals surface area contributed by atoms with Crippen LogP contribution in [0.15, 0.2) is 58.4 Å². The van der Waals surface area contributed by atoms with Gasteiger partial charge in [-0.15, -0.1) is 11.3 Å². The highest BCUT2D eigenvalue weighted by molar-refractivity contribution is 7.14. The van der Waals surface area contributed by atoms with E-state index >= 15 is 0 Å². The SMILES string of the molecule is Cc1noc(-c2ccc(C(=O)Nc3nc(-c4ccc(F)cc4)cs3)cc2)n1. The van der Waals surface area contributed by atoms with E-state index in [2.05, 4.69) is 20.4 Å². The van der Waals surface area contributed by atoms with Crippen molar-refractivity contribution in [1.29, 1.82) is 0 Å². The maximum Gasteiger partial charge on any atom is 0.257 e. The number of carbonyl (C=O) groups excluding carboxylic acids is 1. The summed E-state index contributed by atoms with van der Waals surface area (Å²) in [5.74, 6) is 0.376. The summed E-state index contributed by atoms with van der Waals surface area (Å²) in [5.41, 5.74) is 2.68. The van der Waals surface area contributed by atoms with Crippen LogP contribution in [-0.2, 0) is 0 Å². The van der Waals surface area contributed by atoms with Gasteiger partial charge in [0.1, 0.15) is 5.82 Å². The van der Waals surface area contributed by atoms with Gasteiger partial charge in [0.15, 0.2) is 11.0 Å². The average molecular weight is 380 g/mol. The molecular formula is C19H13FN4O2S. The van der Waals surface area contributed by atoms with Gasteiger partial charge in [-0.25, -0.2) is 9.37 Å². The summed E-state index contributed by atoms with van der Waals surface area (Å²) in [6.45, 7) is 1.74. The van der Waals surface area contributed by atoms with Crippen LogP contribution in [0.5, 0.6) is 0 Å². The van der Waals surface area contributed by atoms with Crippen LogP contribution in [-0.4, -0.2) is 21.0 Å². The van der Waals surface area contributed by atoms with Crippen LogP contribution in [0.2, 0.25) is 0 Å². The number of halogens is 1. The fourth-order valence-corrected chi connectivity index (χ4v) is 3.15. The quantitative estimate of drug-likeness (QED) is 0.561. The fourth-order valence-electron chi connectivity index (χ4n) is 2.43. The summed E-state index contributed by atoms with van der Waals surface area (Å²) in [6, 6.07) is 12.9. The number of amides is 1. The zero-order chi connectivity index (χ0) is 18.8. The Balaban J connectivity index is 1.47. The van der Waals surface area contributed by atoms with Crippen molar-refractivity contribution in [2.75, 3.05) is 5.32 Å². The van der Waals surface area contributed by atoms with Gasteiger partial charge in [0.05, 0.1) is 5.69 Å². The second-order valence-electron chi connectivity index (χ2n) is 5.72. The molecule has 0 bridgehead atoms. The lowest BCUT2D eigenvalue weighted by molar-refractivity contribution is 0.102. The van der Waals surface area contributed by atoms with Gasteiger partial charge in [-0.05, 0) is 55.5 Å². The van der Waals surface area contributed by atoms with Crippen molar-refractivity contribution < 1.29 is 13.7 Å². The molecule has 134 valence electrons. The molecule has 1 amide bonds. The fraction of sp³-hybridized carbons (Fsp3) is 0.0526. The maximum absolute atomic E-state index is 13.0. The van der Waals surface area contributed by atoms with Crippen molar-refractivity contribution >= 4 is 22.4 Å². The molecule has 2 aromatic heterocycles. The summed E-state index contributed by atoms with van der Waals surface area (Å²) >= 11 is 1.30. The minimum atomic E-state index is -0.304. The third kappa shape index (κ3) is 3.75. The molecule has 0 saturated heterocycles. The predicted molar refractivity (Wildman–Crippen MR) is 99.9 cm³/mol. The summed E-state index contributed by atoms with van der Waals surface area (Å²) in [4.78, 5) is 20.9. The van der Waals surface area contributed by atoms with E-state index in [9.17, 15) is 9.18 Å². The Morgan fingerprint density at radius 1 is 1.04 bits per heavy atom. The third-order valence-electron chi connectivity index (χ3n) is 3.79.